The van der Waals surface area contributed by atoms with Crippen LogP contribution in [0.15, 0.2) is 18.2 Å². The number of benzene rings is 1. The molecule has 1 aromatic rings. The number of aryl methyl sites for hydroxylation is 1. The van der Waals surface area contributed by atoms with Gasteiger partial charge in [0.2, 0.25) is 5.91 Å². The van der Waals surface area contributed by atoms with Gasteiger partial charge in [-0.2, -0.15) is 0 Å². The standard InChI is InChI=1S/C14H19FN2O/c1-11-5-6-12(9-13(11)15)16-10-14(18)17-7-3-2-4-8-17/h5-6,9,16H,2-4,7-8,10H2,1H3. The fourth-order valence-corrected chi connectivity index (χ4v) is 2.14. The van der Waals surface area contributed by atoms with Crippen LogP contribution in [-0.2, 0) is 4.79 Å². The maximum atomic E-state index is 13.3. The lowest BCUT2D eigenvalue weighted by atomic mass is 10.1. The van der Waals surface area contributed by atoms with E-state index in [1.54, 1.807) is 19.1 Å². The number of nitrogens with one attached hydrogen (secondary N) is 1. The van der Waals surface area contributed by atoms with E-state index in [1.165, 1.54) is 12.5 Å². The molecule has 4 heteroatoms. The lowest BCUT2D eigenvalue weighted by Crippen LogP contribution is -2.39. The molecule has 1 aromatic carbocycles. The van der Waals surface area contributed by atoms with Crippen LogP contribution < -0.4 is 5.32 Å². The van der Waals surface area contributed by atoms with Crippen molar-refractivity contribution in [3.05, 3.63) is 29.6 Å². The van der Waals surface area contributed by atoms with Gasteiger partial charge >= 0.3 is 0 Å². The van der Waals surface area contributed by atoms with Crippen LogP contribution in [0.5, 0.6) is 0 Å². The third kappa shape index (κ3) is 3.22. The Morgan fingerprint density at radius 2 is 2.06 bits per heavy atom. The van der Waals surface area contributed by atoms with Crippen molar-refractivity contribution in [3.63, 3.8) is 0 Å². The van der Waals surface area contributed by atoms with Gasteiger partial charge in [-0.15, -0.1) is 0 Å². The first-order valence-corrected chi connectivity index (χ1v) is 6.44. The molecule has 3 nitrogen and oxygen atoms in total. The Labute approximate surface area is 107 Å². The molecule has 0 aromatic heterocycles. The van der Waals surface area contributed by atoms with E-state index in [0.717, 1.165) is 25.9 Å². The summed E-state index contributed by atoms with van der Waals surface area (Å²) in [5.74, 6) is -0.152. The Morgan fingerprint density at radius 3 is 2.72 bits per heavy atom. The van der Waals surface area contributed by atoms with Crippen molar-refractivity contribution in [2.45, 2.75) is 26.2 Å². The number of carbonyl (C=O) groups is 1. The molecule has 98 valence electrons. The number of hydrogen-bond acceptors (Lipinski definition) is 2. The molecule has 1 N–H and O–H groups in total. The average Bonchev–Trinajstić information content (AvgIpc) is 2.41. The number of nitrogens with zero attached hydrogens (tertiary/aromatic N) is 1. The summed E-state index contributed by atoms with van der Waals surface area (Å²) in [6.45, 7) is 3.66. The summed E-state index contributed by atoms with van der Waals surface area (Å²) in [5.41, 5.74) is 1.27. The smallest absolute Gasteiger partial charge is 0.241 e. The van der Waals surface area contributed by atoms with E-state index in [0.29, 0.717) is 11.3 Å². The lowest BCUT2D eigenvalue weighted by molar-refractivity contribution is -0.130. The quantitative estimate of drug-likeness (QED) is 0.894. The molecule has 1 aliphatic heterocycles. The summed E-state index contributed by atoms with van der Waals surface area (Å²) in [6.07, 6.45) is 3.39. The van der Waals surface area contributed by atoms with E-state index in [2.05, 4.69) is 5.32 Å². The fourth-order valence-electron chi connectivity index (χ4n) is 2.14. The largest absolute Gasteiger partial charge is 0.376 e. The van der Waals surface area contributed by atoms with Gasteiger partial charge in [-0.05, 0) is 43.9 Å². The zero-order valence-electron chi connectivity index (χ0n) is 10.7. The molecule has 0 bridgehead atoms. The topological polar surface area (TPSA) is 32.3 Å². The highest BCUT2D eigenvalue weighted by molar-refractivity contribution is 5.80. The molecular formula is C14H19FN2O. The Balaban J connectivity index is 1.86. The number of halogens is 1. The molecule has 1 aliphatic rings. The molecule has 0 aliphatic carbocycles. The maximum Gasteiger partial charge on any atom is 0.241 e. The first-order valence-electron chi connectivity index (χ1n) is 6.44. The predicted molar refractivity (Wildman–Crippen MR) is 70.1 cm³/mol. The van der Waals surface area contributed by atoms with E-state index >= 15 is 0 Å². The Morgan fingerprint density at radius 1 is 1.33 bits per heavy atom. The second kappa shape index (κ2) is 5.85. The van der Waals surface area contributed by atoms with Crippen LogP contribution in [0.2, 0.25) is 0 Å². The van der Waals surface area contributed by atoms with Gasteiger partial charge in [0.25, 0.3) is 0 Å². The molecule has 0 unspecified atom stereocenters. The number of amides is 1. The summed E-state index contributed by atoms with van der Waals surface area (Å²) >= 11 is 0. The number of hydrogen-bond donors (Lipinski definition) is 1. The molecular weight excluding hydrogens is 231 g/mol. The van der Waals surface area contributed by atoms with Crippen LogP contribution >= 0.6 is 0 Å². The first kappa shape index (κ1) is 12.9. The average molecular weight is 250 g/mol. The molecule has 2 rings (SSSR count). The number of carbonyl (C=O) groups excluding carboxylic acids is 1. The van der Waals surface area contributed by atoms with Crippen molar-refractivity contribution in [1.82, 2.24) is 4.90 Å². The van der Waals surface area contributed by atoms with Gasteiger partial charge in [-0.1, -0.05) is 6.07 Å². The van der Waals surface area contributed by atoms with Gasteiger partial charge in [0.15, 0.2) is 0 Å². The van der Waals surface area contributed by atoms with Crippen molar-refractivity contribution in [2.75, 3.05) is 25.0 Å². The van der Waals surface area contributed by atoms with Crippen LogP contribution in [0.3, 0.4) is 0 Å². The minimum Gasteiger partial charge on any atom is -0.376 e. The third-order valence-corrected chi connectivity index (χ3v) is 3.32. The van der Waals surface area contributed by atoms with Gasteiger partial charge < -0.3 is 10.2 Å². The SMILES string of the molecule is Cc1ccc(NCC(=O)N2CCCCC2)cc1F. The van der Waals surface area contributed by atoms with Crippen LogP contribution in [0.25, 0.3) is 0 Å². The van der Waals surface area contributed by atoms with Gasteiger partial charge in [-0.25, -0.2) is 4.39 Å². The van der Waals surface area contributed by atoms with Crippen LogP contribution in [0.4, 0.5) is 10.1 Å². The van der Waals surface area contributed by atoms with E-state index in [1.807, 2.05) is 4.90 Å². The van der Waals surface area contributed by atoms with Crippen molar-refractivity contribution >= 4 is 11.6 Å². The summed E-state index contributed by atoms with van der Waals surface area (Å²) in [6, 6.07) is 4.93. The zero-order valence-corrected chi connectivity index (χ0v) is 10.7. The van der Waals surface area contributed by atoms with E-state index in [-0.39, 0.29) is 18.3 Å². The van der Waals surface area contributed by atoms with Crippen molar-refractivity contribution in [1.29, 1.82) is 0 Å². The highest BCUT2D eigenvalue weighted by Crippen LogP contribution is 2.14. The highest BCUT2D eigenvalue weighted by atomic mass is 19.1. The maximum absolute atomic E-state index is 13.3. The Hall–Kier alpha value is -1.58. The molecule has 1 heterocycles. The van der Waals surface area contributed by atoms with Gasteiger partial charge in [0.05, 0.1) is 6.54 Å². The zero-order chi connectivity index (χ0) is 13.0. The van der Waals surface area contributed by atoms with Gasteiger partial charge in [0, 0.05) is 18.8 Å². The normalized spacial score (nSPS) is 15.6. The molecule has 18 heavy (non-hydrogen) atoms. The van der Waals surface area contributed by atoms with Crippen molar-refractivity contribution < 1.29 is 9.18 Å². The number of likely N-dealkylation sites (tertiary alicyclic amines) is 1. The molecule has 1 saturated heterocycles. The first-order chi connectivity index (χ1) is 8.66. The monoisotopic (exact) mass is 250 g/mol. The minimum absolute atomic E-state index is 0.0932. The van der Waals surface area contributed by atoms with E-state index in [4.69, 9.17) is 0 Å². The lowest BCUT2D eigenvalue weighted by Gasteiger charge is -2.26. The Bertz CT molecular complexity index is 428. The number of anilines is 1. The summed E-state index contributed by atoms with van der Waals surface area (Å²) in [5, 5.41) is 2.98. The second-order valence-corrected chi connectivity index (χ2v) is 4.76. The highest BCUT2D eigenvalue weighted by Gasteiger charge is 2.15. The molecule has 0 radical (unpaired) electrons. The van der Waals surface area contributed by atoms with Crippen LogP contribution in [-0.4, -0.2) is 30.4 Å². The number of piperidine rings is 1. The van der Waals surface area contributed by atoms with E-state index < -0.39 is 0 Å². The minimum atomic E-state index is -0.245. The molecule has 0 saturated carbocycles. The van der Waals surface area contributed by atoms with Crippen molar-refractivity contribution in [2.24, 2.45) is 0 Å². The van der Waals surface area contributed by atoms with Crippen LogP contribution in [0.1, 0.15) is 24.8 Å². The third-order valence-electron chi connectivity index (χ3n) is 3.32. The fraction of sp³-hybridized carbons (Fsp3) is 0.500. The Kier molecular flexibility index (Phi) is 4.18. The molecule has 0 atom stereocenters. The summed E-state index contributed by atoms with van der Waals surface area (Å²) in [4.78, 5) is 13.8. The van der Waals surface area contributed by atoms with Crippen LogP contribution in [0, 0.1) is 12.7 Å². The summed E-state index contributed by atoms with van der Waals surface area (Å²) in [7, 11) is 0. The second-order valence-electron chi connectivity index (χ2n) is 4.76. The molecule has 1 amide bonds. The number of rotatable bonds is 3. The summed E-state index contributed by atoms with van der Waals surface area (Å²) < 4.78 is 13.3. The predicted octanol–water partition coefficient (Wildman–Crippen LogP) is 2.56. The van der Waals surface area contributed by atoms with E-state index in [9.17, 15) is 9.18 Å². The van der Waals surface area contributed by atoms with Gasteiger partial charge in [0.1, 0.15) is 5.82 Å². The molecule has 0 spiro atoms. The molecule has 1 fully saturated rings. The van der Waals surface area contributed by atoms with Crippen molar-refractivity contribution in [3.8, 4) is 0 Å². The van der Waals surface area contributed by atoms with Gasteiger partial charge in [-0.3, -0.25) is 4.79 Å².